The maximum atomic E-state index is 14.5. The first kappa shape index (κ1) is 29.2. The number of methoxy groups -OCH3 is 1. The number of alkyl halides is 3. The Morgan fingerprint density at radius 1 is 0.975 bits per heavy atom. The van der Waals surface area contributed by atoms with Gasteiger partial charge in [-0.2, -0.15) is 13.2 Å². The zero-order valence-corrected chi connectivity index (χ0v) is 21.9. The highest BCUT2D eigenvalue weighted by molar-refractivity contribution is 7.98. The average molecular weight is 587 g/mol. The maximum absolute atomic E-state index is 14.5. The molecule has 0 amide bonds. The third-order valence-electron chi connectivity index (χ3n) is 5.99. The number of imidazole rings is 1. The average Bonchev–Trinajstić information content (AvgIpc) is 3.27. The lowest BCUT2D eigenvalue weighted by atomic mass is 10.1. The van der Waals surface area contributed by atoms with Gasteiger partial charge in [0.1, 0.15) is 11.3 Å². The van der Waals surface area contributed by atoms with Crippen LogP contribution in [0, 0.1) is 23.3 Å². The van der Waals surface area contributed by atoms with E-state index >= 15 is 0 Å². The largest absolute Gasteiger partial charge is 0.497 e. The summed E-state index contributed by atoms with van der Waals surface area (Å²) >= 11 is 0.672. The number of hydrogen-bond donors (Lipinski definition) is 0. The summed E-state index contributed by atoms with van der Waals surface area (Å²) in [5.41, 5.74) is -1.85. The predicted molar refractivity (Wildman–Crippen MR) is 133 cm³/mol. The van der Waals surface area contributed by atoms with Crippen molar-refractivity contribution in [1.82, 2.24) is 9.55 Å². The molecule has 5 nitrogen and oxygen atoms in total. The SMILES string of the molecule is CCOC(=O)c1ccc2c(c1)nc(SCc1c(F)c(F)c(C(F)(F)F)c(F)c1F)n2CCc1ccc(OC)cc1. The van der Waals surface area contributed by atoms with Crippen molar-refractivity contribution in [2.45, 2.75) is 37.0 Å². The minimum Gasteiger partial charge on any atom is -0.497 e. The van der Waals surface area contributed by atoms with Gasteiger partial charge in [-0.05, 0) is 49.2 Å². The Labute approximate surface area is 227 Å². The summed E-state index contributed by atoms with van der Waals surface area (Å²) in [5.74, 6) is -10.0. The summed E-state index contributed by atoms with van der Waals surface area (Å²) in [6.07, 6.45) is -5.16. The molecular weight excluding hydrogens is 565 g/mol. The Kier molecular flexibility index (Phi) is 8.62. The number of rotatable bonds is 9. The zero-order valence-electron chi connectivity index (χ0n) is 21.0. The standard InChI is InChI=1S/C27H21F7N2O3S/c1-3-39-25(37)15-6-9-19-18(12-15)35-26(36(19)11-10-14-4-7-16(38-2)8-5-14)40-13-17-21(28)23(30)20(27(32,33)34)24(31)22(17)29/h4-9,12H,3,10-11,13H2,1-2H3. The molecule has 0 bridgehead atoms. The van der Waals surface area contributed by atoms with Gasteiger partial charge in [0.15, 0.2) is 28.4 Å². The highest BCUT2D eigenvalue weighted by atomic mass is 32.2. The molecule has 212 valence electrons. The Balaban J connectivity index is 1.70. The van der Waals surface area contributed by atoms with Crippen LogP contribution in [-0.4, -0.2) is 29.2 Å². The first-order valence-corrected chi connectivity index (χ1v) is 12.8. The summed E-state index contributed by atoms with van der Waals surface area (Å²) in [7, 11) is 1.53. The molecular formula is C27H21F7N2O3S. The number of thioether (sulfide) groups is 1. The number of ether oxygens (including phenoxy) is 2. The lowest BCUT2D eigenvalue weighted by Gasteiger charge is -2.14. The molecule has 40 heavy (non-hydrogen) atoms. The van der Waals surface area contributed by atoms with E-state index in [1.54, 1.807) is 29.7 Å². The van der Waals surface area contributed by atoms with Crippen molar-refractivity contribution in [3.8, 4) is 5.75 Å². The van der Waals surface area contributed by atoms with Crippen LogP contribution >= 0.6 is 11.8 Å². The highest BCUT2D eigenvalue weighted by Gasteiger charge is 2.42. The predicted octanol–water partition coefficient (Wildman–Crippen LogP) is 7.33. The van der Waals surface area contributed by atoms with Gasteiger partial charge in [-0.1, -0.05) is 23.9 Å². The lowest BCUT2D eigenvalue weighted by molar-refractivity contribution is -0.143. The fourth-order valence-corrected chi connectivity index (χ4v) is 5.03. The van der Waals surface area contributed by atoms with Crippen molar-refractivity contribution in [1.29, 1.82) is 0 Å². The number of fused-ring (bicyclic) bond motifs is 1. The van der Waals surface area contributed by atoms with Crippen LogP contribution in [0.1, 0.15) is 34.0 Å². The van der Waals surface area contributed by atoms with Gasteiger partial charge in [0.2, 0.25) is 0 Å². The molecule has 1 heterocycles. The molecule has 0 aliphatic rings. The molecule has 13 heteroatoms. The fraction of sp³-hybridized carbons (Fsp3) is 0.259. The molecule has 3 aromatic carbocycles. The molecule has 0 atom stereocenters. The molecule has 0 spiro atoms. The number of carbonyl (C=O) groups excluding carboxylic acids is 1. The monoisotopic (exact) mass is 586 g/mol. The van der Waals surface area contributed by atoms with E-state index in [1.165, 1.54) is 19.2 Å². The van der Waals surface area contributed by atoms with Crippen molar-refractivity contribution in [3.05, 3.63) is 88.0 Å². The Morgan fingerprint density at radius 2 is 1.62 bits per heavy atom. The molecule has 0 fully saturated rings. The smallest absolute Gasteiger partial charge is 0.422 e. The molecule has 4 rings (SSSR count). The van der Waals surface area contributed by atoms with Crippen LogP contribution in [-0.2, 0) is 29.6 Å². The van der Waals surface area contributed by atoms with Crippen molar-refractivity contribution in [2.24, 2.45) is 0 Å². The molecule has 0 unspecified atom stereocenters. The van der Waals surface area contributed by atoms with E-state index in [-0.39, 0.29) is 17.3 Å². The van der Waals surface area contributed by atoms with Crippen LogP contribution in [0.3, 0.4) is 0 Å². The van der Waals surface area contributed by atoms with Gasteiger partial charge >= 0.3 is 12.1 Å². The summed E-state index contributed by atoms with van der Waals surface area (Å²) in [5, 5.41) is 0.157. The van der Waals surface area contributed by atoms with Crippen LogP contribution in [0.2, 0.25) is 0 Å². The first-order valence-electron chi connectivity index (χ1n) is 11.8. The van der Waals surface area contributed by atoms with Crippen molar-refractivity contribution < 1.29 is 45.0 Å². The molecule has 0 aliphatic heterocycles. The van der Waals surface area contributed by atoms with Crippen LogP contribution in [0.15, 0.2) is 47.6 Å². The second-order valence-electron chi connectivity index (χ2n) is 8.46. The van der Waals surface area contributed by atoms with Gasteiger partial charge in [-0.15, -0.1) is 0 Å². The van der Waals surface area contributed by atoms with Gasteiger partial charge in [-0.3, -0.25) is 0 Å². The highest BCUT2D eigenvalue weighted by Crippen LogP contribution is 2.38. The quantitative estimate of drug-likeness (QED) is 0.0890. The summed E-state index contributed by atoms with van der Waals surface area (Å²) < 4.78 is 108. The normalized spacial score (nSPS) is 11.7. The third kappa shape index (κ3) is 5.88. The second kappa shape index (κ2) is 11.8. The molecule has 4 aromatic rings. The minimum atomic E-state index is -5.63. The van der Waals surface area contributed by atoms with Gasteiger partial charge in [-0.25, -0.2) is 27.3 Å². The summed E-state index contributed by atoms with van der Waals surface area (Å²) in [4.78, 5) is 16.6. The maximum Gasteiger partial charge on any atom is 0.422 e. The van der Waals surface area contributed by atoms with Gasteiger partial charge < -0.3 is 14.0 Å². The number of benzene rings is 3. The second-order valence-corrected chi connectivity index (χ2v) is 9.41. The van der Waals surface area contributed by atoms with Crippen LogP contribution in [0.4, 0.5) is 30.7 Å². The lowest BCUT2D eigenvalue weighted by Crippen LogP contribution is -2.17. The van der Waals surface area contributed by atoms with Crippen molar-refractivity contribution in [2.75, 3.05) is 13.7 Å². The molecule has 0 radical (unpaired) electrons. The van der Waals surface area contributed by atoms with E-state index in [1.807, 2.05) is 12.1 Å². The number of esters is 1. The van der Waals surface area contributed by atoms with E-state index in [4.69, 9.17) is 9.47 Å². The number of aromatic nitrogens is 2. The van der Waals surface area contributed by atoms with Crippen molar-refractivity contribution >= 4 is 28.8 Å². The summed E-state index contributed by atoms with van der Waals surface area (Å²) in [6, 6.07) is 11.8. The third-order valence-corrected chi connectivity index (χ3v) is 6.99. The Morgan fingerprint density at radius 3 is 2.20 bits per heavy atom. The Hall–Kier alpha value is -3.74. The van der Waals surface area contributed by atoms with Crippen LogP contribution in [0.25, 0.3) is 11.0 Å². The van der Waals surface area contributed by atoms with Crippen molar-refractivity contribution in [3.63, 3.8) is 0 Å². The Bertz CT molecular complexity index is 1520. The number of nitrogens with zero attached hydrogens (tertiary/aromatic N) is 2. The van der Waals surface area contributed by atoms with E-state index in [2.05, 4.69) is 4.98 Å². The van der Waals surface area contributed by atoms with Gasteiger partial charge in [0.25, 0.3) is 0 Å². The number of aryl methyl sites for hydroxylation is 2. The van der Waals surface area contributed by atoms with E-state index in [0.29, 0.717) is 41.5 Å². The number of hydrogen-bond acceptors (Lipinski definition) is 5. The number of halogens is 7. The van der Waals surface area contributed by atoms with E-state index in [0.717, 1.165) is 5.56 Å². The molecule has 0 saturated carbocycles. The van der Waals surface area contributed by atoms with E-state index in [9.17, 15) is 35.5 Å². The molecule has 0 N–H and O–H groups in total. The van der Waals surface area contributed by atoms with Crippen LogP contribution < -0.4 is 4.74 Å². The molecule has 1 aromatic heterocycles. The minimum absolute atomic E-state index is 0.144. The zero-order chi connectivity index (χ0) is 29.2. The first-order chi connectivity index (χ1) is 19.0. The topological polar surface area (TPSA) is 53.3 Å². The fourth-order valence-electron chi connectivity index (χ4n) is 4.00. The molecule has 0 aliphatic carbocycles. The van der Waals surface area contributed by atoms with E-state index < -0.39 is 52.3 Å². The number of carbonyl (C=O) groups is 1. The summed E-state index contributed by atoms with van der Waals surface area (Å²) in [6.45, 7) is 2.08. The van der Waals surface area contributed by atoms with Gasteiger partial charge in [0, 0.05) is 17.9 Å². The molecule has 0 saturated heterocycles. The van der Waals surface area contributed by atoms with Crippen LogP contribution in [0.5, 0.6) is 5.75 Å². The van der Waals surface area contributed by atoms with Gasteiger partial charge in [0.05, 0.1) is 30.3 Å².